The van der Waals surface area contributed by atoms with Crippen molar-refractivity contribution < 1.29 is 33.8 Å². The second-order valence-electron chi connectivity index (χ2n) is 41.2. The molecule has 1 N–H and O–H groups in total. The van der Waals surface area contributed by atoms with Crippen LogP contribution >= 0.6 is 0 Å². The molecule has 0 spiro atoms. The van der Waals surface area contributed by atoms with Gasteiger partial charge in [-0.1, -0.05) is 49.7 Å². The van der Waals surface area contributed by atoms with Crippen LogP contribution < -0.4 is 0 Å². The maximum absolute atomic E-state index is 12.5. The summed E-state index contributed by atoms with van der Waals surface area (Å²) in [6, 6.07) is 31.8. The van der Waals surface area contributed by atoms with E-state index in [0.717, 1.165) is 245 Å². The average Bonchev–Trinajstić information content (AvgIpc) is 1.53. The Balaban J connectivity index is 0.000000101. The minimum atomic E-state index is 0.0325. The number of imidazole rings is 5. The largest absolute Gasteiger partial charge is 0.392 e. The quantitative estimate of drug-likeness (QED) is 0.0996. The number of amides is 5. The number of aliphatic hydroxyl groups excluding tert-OH is 1. The van der Waals surface area contributed by atoms with E-state index in [4.69, 9.17) is 45.0 Å². The Morgan fingerprint density at radius 2 is 0.692 bits per heavy atom. The van der Waals surface area contributed by atoms with Crippen molar-refractivity contribution in [2.75, 3.05) is 45.9 Å². The average molecular weight is 1970 g/mol. The molecule has 12 aromatic heterocycles. The number of hydrogen-bond acceptors (Lipinski definition) is 19. The fourth-order valence-corrected chi connectivity index (χ4v) is 22.4. The van der Waals surface area contributed by atoms with E-state index in [1.54, 1.807) is 41.7 Å². The van der Waals surface area contributed by atoms with Crippen LogP contribution in [0.25, 0.3) is 134 Å². The zero-order valence-electron chi connectivity index (χ0n) is 85.5. The molecular formula is C110H125N29O7. The topological polar surface area (TPSA) is 345 Å². The highest BCUT2D eigenvalue weighted by atomic mass is 16.5. The van der Waals surface area contributed by atoms with Gasteiger partial charge in [0.2, 0.25) is 29.5 Å². The minimum absolute atomic E-state index is 0.0325. The summed E-state index contributed by atoms with van der Waals surface area (Å²) in [5.41, 5.74) is 28.1. The Hall–Kier alpha value is -15.1. The first-order valence-corrected chi connectivity index (χ1v) is 51.6. The van der Waals surface area contributed by atoms with E-state index >= 15 is 0 Å². The van der Waals surface area contributed by atoms with Gasteiger partial charge in [0.25, 0.3) is 0 Å². The molecule has 36 heteroatoms. The predicted molar refractivity (Wildman–Crippen MR) is 553 cm³/mol. The molecule has 27 rings (SSSR count). The number of rotatable bonds is 15. The van der Waals surface area contributed by atoms with Crippen molar-refractivity contribution in [1.29, 1.82) is 0 Å². The lowest BCUT2D eigenvalue weighted by Gasteiger charge is -2.32. The van der Waals surface area contributed by atoms with E-state index in [1.807, 2.05) is 162 Å². The van der Waals surface area contributed by atoms with Gasteiger partial charge >= 0.3 is 0 Å². The number of carbonyl (C=O) groups is 5. The van der Waals surface area contributed by atoms with Crippen molar-refractivity contribution in [3.63, 3.8) is 0 Å². The molecular weight excluding hydrogens is 1840 g/mol. The number of aryl methyl sites for hydroxylation is 8. The summed E-state index contributed by atoms with van der Waals surface area (Å²) in [5, 5.41) is 45.5. The Morgan fingerprint density at radius 1 is 0.342 bits per heavy atom. The van der Waals surface area contributed by atoms with Crippen molar-refractivity contribution in [1.82, 2.24) is 141 Å². The van der Waals surface area contributed by atoms with Gasteiger partial charge in [0.05, 0.1) is 150 Å². The van der Waals surface area contributed by atoms with Crippen molar-refractivity contribution >= 4 is 73.1 Å². The third kappa shape index (κ3) is 17.7. The third-order valence-electron chi connectivity index (χ3n) is 31.3. The van der Waals surface area contributed by atoms with Gasteiger partial charge in [-0.25, -0.2) is 24.9 Å². The molecule has 752 valence electrons. The fraction of sp³-hybridized carbons (Fsp3) is 0.427. The summed E-state index contributed by atoms with van der Waals surface area (Å²) >= 11 is 0. The summed E-state index contributed by atoms with van der Waals surface area (Å²) in [4.78, 5) is 95.5. The van der Waals surface area contributed by atoms with Crippen molar-refractivity contribution in [2.45, 2.75) is 214 Å². The summed E-state index contributed by atoms with van der Waals surface area (Å²) in [5.74, 6) is 9.10. The standard InChI is InChI=1S/C25H29N7O.C24H27N7O2.C23H25N7O.C19H21N5O.C19H23N3O2/c1-4-22(33)31-10-11-32-21(15-31)24(27-25(32)16-6-5-7-16)17-8-9-20-19(12-17)23(28-30(20)3)18-13-26-29(2)14-18;1-15(32)30-7-8-31-21(13-30)23(26-24(31)17-6-9-33-14-17)16-4-5-19-20(10-16)29(3)27-22(19)18-11-25-28(2)12-18;1-14(31)29-8-9-30-20(13-29)22(25-23(30)15-4-5-15)16-6-7-19-18(10-16)21(26-28(19)3)17-11-24-27(2)12-17;1-12(25)23-7-8-24-17(11-23)18(21-19(24)13-3-4-13)14-5-6-16-15(9-14)10-20-22(16)2;1-12-3-4-15(9-16(12)11-23)18-17-10-21(13(2)24)7-8-22(17)19(20-18)14-5-6-14/h8-9,12-14,16H,4-7,10-11,15H2,1-3H3;4-5,10-12,17H,6-9,13-14H2,1-3H3;6-7,10-12,15H,4-5,8-9,13H2,1-3H3;5-6,9-10,13H,3-4,7-8,11H2,1-2H3;3-4,9,14,23H,5-8,10-11H2,1-2H3. The molecule has 4 saturated carbocycles. The summed E-state index contributed by atoms with van der Waals surface area (Å²) in [7, 11) is 13.6. The van der Waals surface area contributed by atoms with Crippen molar-refractivity contribution in [2.24, 2.45) is 49.3 Å². The molecule has 5 aromatic carbocycles. The van der Waals surface area contributed by atoms with Crippen LogP contribution in [0.3, 0.4) is 0 Å². The second-order valence-corrected chi connectivity index (χ2v) is 41.2. The molecule has 10 aliphatic rings. The lowest BCUT2D eigenvalue weighted by atomic mass is 9.85. The van der Waals surface area contributed by atoms with E-state index < -0.39 is 0 Å². The van der Waals surface area contributed by atoms with Crippen LogP contribution in [0.2, 0.25) is 0 Å². The highest BCUT2D eigenvalue weighted by molar-refractivity contribution is 5.99. The molecule has 0 radical (unpaired) electrons. The molecule has 5 fully saturated rings. The van der Waals surface area contributed by atoms with Crippen molar-refractivity contribution in [3.05, 3.63) is 203 Å². The van der Waals surface area contributed by atoms with E-state index in [9.17, 15) is 29.1 Å². The van der Waals surface area contributed by atoms with E-state index in [0.29, 0.717) is 81.9 Å². The first-order chi connectivity index (χ1) is 70.7. The minimum Gasteiger partial charge on any atom is -0.392 e. The summed E-state index contributed by atoms with van der Waals surface area (Å²) in [6.07, 6.45) is 25.9. The number of nitrogens with zero attached hydrogens (tertiary/aromatic N) is 29. The van der Waals surface area contributed by atoms with Gasteiger partial charge in [0.15, 0.2) is 0 Å². The first-order valence-electron chi connectivity index (χ1n) is 51.6. The molecule has 146 heavy (non-hydrogen) atoms. The maximum Gasteiger partial charge on any atom is 0.222 e. The molecule has 1 unspecified atom stereocenters. The van der Waals surface area contributed by atoms with Crippen LogP contribution in [0, 0.1) is 6.92 Å². The number of benzene rings is 5. The SMILES string of the molecule is CC(=O)N1CCn2c(C3CC3)nc(-c3ccc(C)c(CO)c3)c2C1.CC(=O)N1CCn2c(C3CC3)nc(-c3ccc4c(c3)c(-c3cnn(C)c3)nn4C)c2C1.CC(=O)N1CCn2c(C3CC3)nc(-c3ccc4c(cnn4C)c3)c2C1.CC(=O)N1CCn2c(C3CCOC3)nc(-c3ccc4c(-c5cnn(C)c5)nn(C)c4c3)c2C1.CCC(=O)N1CCn2c(C3CCC3)nc(-c3ccc4c(c3)c(-c3cnn(C)c3)nn4C)c2C1. The Kier molecular flexibility index (Phi) is 24.7. The predicted octanol–water partition coefficient (Wildman–Crippen LogP) is 14.9. The second kappa shape index (κ2) is 38.2. The van der Waals surface area contributed by atoms with Gasteiger partial charge in [-0.05, 0) is 130 Å². The Bertz CT molecular complexity index is 8010. The number of hydrogen-bond donors (Lipinski definition) is 1. The molecule has 5 amide bonds. The summed E-state index contributed by atoms with van der Waals surface area (Å²) < 4.78 is 30.4. The molecule has 36 nitrogen and oxygen atoms in total. The monoisotopic (exact) mass is 1960 g/mol. The molecule has 17 aromatic rings. The lowest BCUT2D eigenvalue weighted by molar-refractivity contribution is -0.132. The van der Waals surface area contributed by atoms with E-state index in [1.165, 1.54) is 86.8 Å². The van der Waals surface area contributed by atoms with Gasteiger partial charge in [0.1, 0.15) is 46.2 Å². The Morgan fingerprint density at radius 3 is 1.05 bits per heavy atom. The summed E-state index contributed by atoms with van der Waals surface area (Å²) in [6.45, 7) is 23.0. The van der Waals surface area contributed by atoms with Gasteiger partial charge in [-0.3, -0.25) is 56.7 Å². The number of carbonyl (C=O) groups excluding carboxylic acids is 5. The third-order valence-corrected chi connectivity index (χ3v) is 31.3. The zero-order chi connectivity index (χ0) is 101. The van der Waals surface area contributed by atoms with Crippen LogP contribution in [-0.4, -0.2) is 221 Å². The number of aromatic nitrogens is 24. The lowest BCUT2D eigenvalue weighted by Crippen LogP contribution is -2.38. The van der Waals surface area contributed by atoms with Crippen LogP contribution in [0.1, 0.15) is 204 Å². The highest BCUT2D eigenvalue weighted by Crippen LogP contribution is 2.49. The molecule has 4 aliphatic carbocycles. The van der Waals surface area contributed by atoms with Crippen LogP contribution in [-0.2, 0) is 150 Å². The van der Waals surface area contributed by atoms with Gasteiger partial charge in [-0.15, -0.1) is 0 Å². The first kappa shape index (κ1) is 94.5. The fourth-order valence-electron chi connectivity index (χ4n) is 22.4. The molecule has 1 saturated heterocycles. The molecule has 18 heterocycles. The van der Waals surface area contributed by atoms with Crippen LogP contribution in [0.15, 0.2) is 134 Å². The van der Waals surface area contributed by atoms with Crippen LogP contribution in [0.5, 0.6) is 0 Å². The zero-order valence-corrected chi connectivity index (χ0v) is 85.5. The molecule has 6 aliphatic heterocycles. The van der Waals surface area contributed by atoms with Crippen LogP contribution in [0.4, 0.5) is 0 Å². The van der Waals surface area contributed by atoms with Crippen molar-refractivity contribution in [3.8, 4) is 90.1 Å². The number of fused-ring (bicyclic) bond motifs is 9. The smallest absolute Gasteiger partial charge is 0.222 e. The maximum atomic E-state index is 12.5. The van der Waals surface area contributed by atoms with E-state index in [-0.39, 0.29) is 36.1 Å². The number of ether oxygens (including phenoxy) is 1. The molecule has 0 bridgehead atoms. The Labute approximate surface area is 845 Å². The van der Waals surface area contributed by atoms with E-state index in [2.05, 4.69) is 122 Å². The van der Waals surface area contributed by atoms with Gasteiger partial charge in [0, 0.05) is 270 Å². The number of aliphatic hydroxyl groups is 1. The normalized spacial score (nSPS) is 17.0. The highest BCUT2D eigenvalue weighted by Gasteiger charge is 2.41. The molecule has 1 atom stereocenters. The van der Waals surface area contributed by atoms with Gasteiger partial charge < -0.3 is 57.2 Å². The van der Waals surface area contributed by atoms with Gasteiger partial charge in [-0.2, -0.15) is 35.7 Å².